The summed E-state index contributed by atoms with van der Waals surface area (Å²) in [6.45, 7) is 5.35. The maximum absolute atomic E-state index is 15.1. The van der Waals surface area contributed by atoms with Crippen LogP contribution in [0.4, 0.5) is 10.2 Å². The Labute approximate surface area is 386 Å². The molecule has 0 amide bonds. The third kappa shape index (κ3) is 11.2. The number of para-hydroxylation sites is 1. The normalized spacial score (nSPS) is 24.2. The van der Waals surface area contributed by atoms with Gasteiger partial charge in [0, 0.05) is 0 Å². The molecule has 1 aliphatic carbocycles. The Kier molecular flexibility index (Phi) is 16.2. The van der Waals surface area contributed by atoms with Gasteiger partial charge in [-0.2, -0.15) is 15.6 Å². The first-order valence-electron chi connectivity index (χ1n) is 23.1. The van der Waals surface area contributed by atoms with Crippen LogP contribution in [0.15, 0.2) is 60.9 Å². The molecular weight excluding hydrogens is 874 g/mol. The Hall–Kier alpha value is -4.15. The number of nitrogens with two attached hydrogens (primary N) is 1. The van der Waals surface area contributed by atoms with E-state index < -0.39 is 55.0 Å². The predicted octanol–water partition coefficient (Wildman–Crippen LogP) is 11.6. The minimum absolute atomic E-state index is 0.0201. The van der Waals surface area contributed by atoms with Crippen LogP contribution < -0.4 is 10.3 Å². The number of anilines is 1. The van der Waals surface area contributed by atoms with Gasteiger partial charge in [-0.15, -0.1) is 0 Å². The van der Waals surface area contributed by atoms with Gasteiger partial charge in [-0.05, 0) is 68.3 Å². The second-order valence-electron chi connectivity index (χ2n) is 17.8. The van der Waals surface area contributed by atoms with Crippen LogP contribution in [0.2, 0.25) is 5.02 Å². The minimum Gasteiger partial charge on any atom is -0.402 e. The molecule has 2 aliphatic heterocycles. The number of phosphoric ester groups is 1. The molecule has 17 heteroatoms. The fraction of sp³-hybridized carbons (Fsp3) is 0.583. The summed E-state index contributed by atoms with van der Waals surface area (Å²) < 4.78 is 75.4. The Morgan fingerprint density at radius 1 is 0.938 bits per heavy atom. The van der Waals surface area contributed by atoms with Crippen LogP contribution >= 0.6 is 19.4 Å². The van der Waals surface area contributed by atoms with Crippen LogP contribution in [0.1, 0.15) is 146 Å². The van der Waals surface area contributed by atoms with Crippen molar-refractivity contribution in [3.63, 3.8) is 0 Å². The smallest absolute Gasteiger partial charge is 0.402 e. The third-order valence-corrected chi connectivity index (χ3v) is 14.1. The molecule has 3 fully saturated rings. The quantitative estimate of drug-likeness (QED) is 0.0440. The SMILES string of the molecule is CCCCCCCCCCCCCCCCC[C@H](COP(=O)(Oc1ccccc1Cl)OC1[C@@]2(C#N)O[C@@H](c3ccc4c(N)ncnn34)[C@@H]3OC(C)(C)O[C@@]132)OCc1cc(F)cc(C#N)c1. The lowest BCUT2D eigenvalue weighted by molar-refractivity contribution is -0.182. The number of unbranched alkanes of at least 4 members (excludes halogenated alkanes) is 14. The van der Waals surface area contributed by atoms with E-state index in [1.165, 1.54) is 89.1 Å². The van der Waals surface area contributed by atoms with Crippen LogP contribution in [-0.4, -0.2) is 56.5 Å². The van der Waals surface area contributed by atoms with Gasteiger partial charge in [0.15, 0.2) is 23.3 Å². The molecular formula is C48H61ClFN6O8P. The Balaban J connectivity index is 1.03. The van der Waals surface area contributed by atoms with Gasteiger partial charge in [0.25, 0.3) is 0 Å². The molecule has 2 N–H and O–H groups in total. The lowest BCUT2D eigenvalue weighted by Crippen LogP contribution is -2.33. The van der Waals surface area contributed by atoms with Crippen molar-refractivity contribution in [3.8, 4) is 17.9 Å². The van der Waals surface area contributed by atoms with Crippen molar-refractivity contribution < 1.29 is 41.5 Å². The highest BCUT2D eigenvalue weighted by Gasteiger charge is 2.95. The molecule has 4 aromatic rings. The van der Waals surface area contributed by atoms with E-state index in [4.69, 9.17) is 49.9 Å². The first kappa shape index (κ1) is 48.8. The highest BCUT2D eigenvalue weighted by atomic mass is 35.5. The van der Waals surface area contributed by atoms with Crippen LogP contribution in [0.25, 0.3) is 5.52 Å². The van der Waals surface area contributed by atoms with Crippen molar-refractivity contribution in [1.29, 1.82) is 10.5 Å². The second-order valence-corrected chi connectivity index (χ2v) is 19.8. The molecule has 2 aromatic heterocycles. The van der Waals surface area contributed by atoms with Crippen molar-refractivity contribution in [1.82, 2.24) is 14.6 Å². The van der Waals surface area contributed by atoms with Crippen molar-refractivity contribution >= 4 is 30.8 Å². The van der Waals surface area contributed by atoms with Crippen LogP contribution in [-0.2, 0) is 39.2 Å². The van der Waals surface area contributed by atoms with E-state index in [1.54, 1.807) is 54.8 Å². The molecule has 1 spiro atoms. The van der Waals surface area contributed by atoms with Gasteiger partial charge < -0.3 is 29.2 Å². The highest BCUT2D eigenvalue weighted by molar-refractivity contribution is 7.49. The average molecular weight is 935 g/mol. The fourth-order valence-corrected chi connectivity index (χ4v) is 10.9. The standard InChI is InChI=1S/C48H61ClFN6O8P/c1-4-5-6-7-8-9-10-11-12-13-14-15-16-17-18-21-37(58-30-35-26-34(29-51)27-36(50)28-35)31-59-65(57,62-41-23-20-19-22-38(41)49)63-45-47(32-52)48(45)43(61-46(2,3)64-48)42(60-47)39-24-25-40-44(53)54-33-55-56(39)40/h19-20,22-28,33,37,42-43,45H,4-18,21,30-31H2,1-3H3,(H2,53,54,55)/t37-,42+,43+,45?,47-,48-,65?/m1/s1. The number of nitriles is 2. The number of nitrogens with zero attached hydrogens (tertiary/aromatic N) is 5. The summed E-state index contributed by atoms with van der Waals surface area (Å²) >= 11 is 6.51. The van der Waals surface area contributed by atoms with Gasteiger partial charge >= 0.3 is 7.82 Å². The number of hydrogen-bond donors (Lipinski definition) is 1. The van der Waals surface area contributed by atoms with Gasteiger partial charge in [0.1, 0.15) is 41.7 Å². The molecule has 7 atom stereocenters. The van der Waals surface area contributed by atoms with E-state index in [2.05, 4.69) is 23.1 Å². The Morgan fingerprint density at radius 2 is 1.62 bits per heavy atom. The predicted molar refractivity (Wildman–Crippen MR) is 242 cm³/mol. The summed E-state index contributed by atoms with van der Waals surface area (Å²) in [5.74, 6) is -1.50. The first-order valence-corrected chi connectivity index (χ1v) is 24.9. The van der Waals surface area contributed by atoms with Gasteiger partial charge in [0.05, 0.1) is 41.7 Å². The Morgan fingerprint density at radius 3 is 2.28 bits per heavy atom. The van der Waals surface area contributed by atoms with Crippen LogP contribution in [0.3, 0.4) is 0 Å². The molecule has 1 saturated carbocycles. The van der Waals surface area contributed by atoms with E-state index in [9.17, 15) is 14.9 Å². The van der Waals surface area contributed by atoms with Gasteiger partial charge in [-0.3, -0.25) is 9.05 Å². The second kappa shape index (κ2) is 21.6. The molecule has 4 heterocycles. The van der Waals surface area contributed by atoms with Gasteiger partial charge in [0.2, 0.25) is 5.60 Å². The van der Waals surface area contributed by atoms with E-state index in [0.29, 0.717) is 23.2 Å². The fourth-order valence-electron chi connectivity index (χ4n) is 9.21. The van der Waals surface area contributed by atoms with Crippen molar-refractivity contribution in [2.24, 2.45) is 0 Å². The van der Waals surface area contributed by atoms with Crippen LogP contribution in [0.5, 0.6) is 5.75 Å². The van der Waals surface area contributed by atoms with Gasteiger partial charge in [-0.1, -0.05) is 127 Å². The molecule has 65 heavy (non-hydrogen) atoms. The summed E-state index contributed by atoms with van der Waals surface area (Å²) in [5.41, 5.74) is 4.43. The number of phosphoric acid groups is 1. The zero-order valence-electron chi connectivity index (χ0n) is 37.6. The first-order chi connectivity index (χ1) is 31.4. The lowest BCUT2D eigenvalue weighted by atomic mass is 10.0. The topological polar surface area (TPSA) is 185 Å². The largest absolute Gasteiger partial charge is 0.530 e. The number of halogens is 2. The molecule has 3 aliphatic rings. The molecule has 14 nitrogen and oxygen atoms in total. The molecule has 2 saturated heterocycles. The molecule has 2 aromatic carbocycles. The molecule has 2 unspecified atom stereocenters. The summed E-state index contributed by atoms with van der Waals surface area (Å²) in [4.78, 5) is 4.07. The van der Waals surface area contributed by atoms with Crippen molar-refractivity contribution in [3.05, 3.63) is 88.6 Å². The maximum Gasteiger partial charge on any atom is 0.530 e. The zero-order chi connectivity index (χ0) is 46.1. The number of ether oxygens (including phenoxy) is 4. The number of aromatic nitrogens is 3. The van der Waals surface area contributed by atoms with E-state index in [-0.39, 0.29) is 35.4 Å². The zero-order valence-corrected chi connectivity index (χ0v) is 39.2. The lowest BCUT2D eigenvalue weighted by Gasteiger charge is -2.26. The number of benzene rings is 2. The average Bonchev–Trinajstić information content (AvgIpc) is 3.63. The molecule has 7 rings (SSSR count). The number of rotatable bonds is 27. The number of hydrogen-bond acceptors (Lipinski definition) is 13. The molecule has 0 bridgehead atoms. The number of fused-ring (bicyclic) bond motifs is 1. The maximum atomic E-state index is 15.1. The Bertz CT molecular complexity index is 2380. The summed E-state index contributed by atoms with van der Waals surface area (Å²) in [5, 5.41) is 24.8. The monoisotopic (exact) mass is 934 g/mol. The molecule has 0 radical (unpaired) electrons. The third-order valence-electron chi connectivity index (χ3n) is 12.5. The van der Waals surface area contributed by atoms with E-state index >= 15 is 4.57 Å². The van der Waals surface area contributed by atoms with Crippen molar-refractivity contribution in [2.45, 2.75) is 172 Å². The summed E-state index contributed by atoms with van der Waals surface area (Å²) in [6.07, 6.45) is 16.3. The van der Waals surface area contributed by atoms with Crippen molar-refractivity contribution in [2.75, 3.05) is 12.3 Å². The summed E-state index contributed by atoms with van der Waals surface area (Å²) in [7, 11) is -4.71. The van der Waals surface area contributed by atoms with Gasteiger partial charge in [-0.25, -0.2) is 18.5 Å². The minimum atomic E-state index is -4.71. The van der Waals surface area contributed by atoms with Crippen LogP contribution in [0, 0.1) is 28.5 Å². The number of nitrogen functional groups attached to an aromatic ring is 1. The van der Waals surface area contributed by atoms with E-state index in [1.807, 2.05) is 6.07 Å². The summed E-state index contributed by atoms with van der Waals surface area (Å²) in [6, 6.07) is 18.2. The van der Waals surface area contributed by atoms with E-state index in [0.717, 1.165) is 31.7 Å². The molecule has 350 valence electrons. The highest BCUT2D eigenvalue weighted by Crippen LogP contribution is 2.74.